The van der Waals surface area contributed by atoms with Crippen molar-refractivity contribution >= 4 is 22.2 Å². The summed E-state index contributed by atoms with van der Waals surface area (Å²) in [4.78, 5) is 0.419. The molecule has 0 radical (unpaired) electrons. The van der Waals surface area contributed by atoms with Gasteiger partial charge in [-0.15, -0.1) is 0 Å². The number of piperidine rings is 1. The van der Waals surface area contributed by atoms with E-state index in [9.17, 15) is 8.42 Å². The van der Waals surface area contributed by atoms with Gasteiger partial charge in [-0.1, -0.05) is 84.9 Å². The van der Waals surface area contributed by atoms with Crippen LogP contribution in [0.15, 0.2) is 83.8 Å². The van der Waals surface area contributed by atoms with Crippen molar-refractivity contribution in [3.8, 4) is 0 Å². The van der Waals surface area contributed by atoms with Crippen LogP contribution in [0.5, 0.6) is 0 Å². The normalized spacial score (nSPS) is 23.6. The van der Waals surface area contributed by atoms with Crippen LogP contribution in [0.4, 0.5) is 0 Å². The maximum absolute atomic E-state index is 13.1. The molecule has 3 aromatic carbocycles. The monoisotopic (exact) mass is 430 g/mol. The third kappa shape index (κ3) is 3.85. The summed E-state index contributed by atoms with van der Waals surface area (Å²) in [6, 6.07) is 26.4. The van der Waals surface area contributed by atoms with Gasteiger partial charge >= 0.3 is 0 Å². The molecule has 1 unspecified atom stereocenters. The van der Waals surface area contributed by atoms with Crippen molar-refractivity contribution in [3.05, 3.63) is 101 Å². The topological polar surface area (TPSA) is 49.4 Å². The number of nitrogens with zero attached hydrogens (tertiary/aromatic N) is 1. The Balaban J connectivity index is 1.28. The number of hydrogen-bond acceptors (Lipinski definition) is 3. The minimum absolute atomic E-state index is 0.156. The van der Waals surface area contributed by atoms with Gasteiger partial charge in [0.2, 0.25) is 10.0 Å². The summed E-state index contributed by atoms with van der Waals surface area (Å²) in [5, 5.41) is 3.54. The molecule has 3 fully saturated rings. The molecule has 3 heterocycles. The molecule has 3 aliphatic rings. The minimum atomic E-state index is -3.46. The molecule has 2 bridgehead atoms. The third-order valence-electron chi connectivity index (χ3n) is 6.40. The van der Waals surface area contributed by atoms with Crippen molar-refractivity contribution < 1.29 is 8.42 Å². The van der Waals surface area contributed by atoms with E-state index >= 15 is 0 Å². The predicted molar refractivity (Wildman–Crippen MR) is 125 cm³/mol. The van der Waals surface area contributed by atoms with Crippen LogP contribution in [0.1, 0.15) is 28.2 Å². The van der Waals surface area contributed by atoms with Crippen molar-refractivity contribution in [2.45, 2.75) is 29.8 Å². The first-order chi connectivity index (χ1) is 15.0. The van der Waals surface area contributed by atoms with Crippen LogP contribution < -0.4 is 5.32 Å². The molecule has 0 aliphatic carbocycles. The van der Waals surface area contributed by atoms with Gasteiger partial charge in [0.25, 0.3) is 0 Å². The van der Waals surface area contributed by atoms with E-state index in [4.69, 9.17) is 0 Å². The lowest BCUT2D eigenvalue weighted by Gasteiger charge is -2.54. The molecule has 0 amide bonds. The Morgan fingerprint density at radius 2 is 1.39 bits per heavy atom. The highest BCUT2D eigenvalue weighted by molar-refractivity contribution is 7.89. The summed E-state index contributed by atoms with van der Waals surface area (Å²) in [5.41, 5.74) is 4.41. The smallest absolute Gasteiger partial charge is 0.243 e. The number of hydrogen-bond donors (Lipinski definition) is 1. The zero-order valence-corrected chi connectivity index (χ0v) is 18.3. The van der Waals surface area contributed by atoms with Gasteiger partial charge < -0.3 is 5.32 Å². The molecule has 3 aromatic rings. The van der Waals surface area contributed by atoms with Gasteiger partial charge in [0.15, 0.2) is 0 Å². The quantitative estimate of drug-likeness (QED) is 0.614. The first kappa shape index (κ1) is 20.2. The van der Waals surface area contributed by atoms with E-state index in [1.54, 1.807) is 16.4 Å². The van der Waals surface area contributed by atoms with Crippen molar-refractivity contribution in [2.24, 2.45) is 0 Å². The number of sulfonamides is 1. The summed E-state index contributed by atoms with van der Waals surface area (Å²) in [5.74, 6) is 0.357. The maximum Gasteiger partial charge on any atom is 0.243 e. The second-order valence-corrected chi connectivity index (χ2v) is 10.3. The maximum atomic E-state index is 13.1. The number of piperazine rings is 1. The Kier molecular flexibility index (Phi) is 5.26. The van der Waals surface area contributed by atoms with E-state index in [-0.39, 0.29) is 12.1 Å². The zero-order valence-electron chi connectivity index (χ0n) is 17.5. The van der Waals surface area contributed by atoms with Crippen molar-refractivity contribution in [1.29, 1.82) is 0 Å². The number of aryl methyl sites for hydroxylation is 1. The summed E-state index contributed by atoms with van der Waals surface area (Å²) in [6.45, 7) is 2.87. The van der Waals surface area contributed by atoms with Gasteiger partial charge in [0.05, 0.1) is 4.90 Å². The predicted octanol–water partition coefficient (Wildman–Crippen LogP) is 4.29. The van der Waals surface area contributed by atoms with E-state index in [0.29, 0.717) is 23.9 Å². The van der Waals surface area contributed by atoms with Crippen LogP contribution in [0.25, 0.3) is 12.2 Å². The van der Waals surface area contributed by atoms with Gasteiger partial charge in [0, 0.05) is 31.1 Å². The summed E-state index contributed by atoms with van der Waals surface area (Å²) in [6.07, 6.45) is 4.23. The molecule has 3 atom stereocenters. The Hall–Kier alpha value is -2.73. The zero-order chi connectivity index (χ0) is 21.4. The second-order valence-electron chi connectivity index (χ2n) is 8.40. The van der Waals surface area contributed by atoms with E-state index < -0.39 is 10.0 Å². The standard InChI is InChI=1S/C26H26N2O2S/c1-19-7-5-6-10-25(19)31(29,30)28-17-23-26(24(18-28)27-23)22-15-13-21(14-16-22)12-11-20-8-3-2-4-9-20/h2-16,23-24,26-27H,17-18H2,1H3/b12-11+/t23-,24+,26?. The fraction of sp³-hybridized carbons (Fsp3) is 0.231. The van der Waals surface area contributed by atoms with Gasteiger partial charge in [-0.2, -0.15) is 4.31 Å². The van der Waals surface area contributed by atoms with Crippen LogP contribution in [-0.4, -0.2) is 37.9 Å². The first-order valence-electron chi connectivity index (χ1n) is 10.7. The largest absolute Gasteiger partial charge is 0.307 e. The molecule has 3 saturated heterocycles. The van der Waals surface area contributed by atoms with Gasteiger partial charge in [-0.05, 0) is 35.2 Å². The number of rotatable bonds is 5. The number of nitrogens with one attached hydrogen (secondary N) is 1. The lowest BCUT2D eigenvalue weighted by Crippen LogP contribution is -2.72. The number of fused-ring (bicyclic) bond motifs is 2. The second kappa shape index (κ2) is 8.08. The van der Waals surface area contributed by atoms with Crippen LogP contribution >= 0.6 is 0 Å². The average molecular weight is 431 g/mol. The van der Waals surface area contributed by atoms with Crippen LogP contribution in [0, 0.1) is 6.92 Å². The third-order valence-corrected chi connectivity index (χ3v) is 8.39. The Labute approximate surface area is 184 Å². The highest BCUT2D eigenvalue weighted by Gasteiger charge is 2.49. The van der Waals surface area contributed by atoms with Crippen LogP contribution in [-0.2, 0) is 10.0 Å². The van der Waals surface area contributed by atoms with Crippen molar-refractivity contribution in [1.82, 2.24) is 9.62 Å². The molecule has 0 saturated carbocycles. The van der Waals surface area contributed by atoms with Crippen molar-refractivity contribution in [3.63, 3.8) is 0 Å². The summed E-state index contributed by atoms with van der Waals surface area (Å²) < 4.78 is 27.9. The SMILES string of the molecule is Cc1ccccc1S(=O)(=O)N1C[C@@H]2N[C@H](C1)C2c1ccc(/C=C/c2ccccc2)cc1. The molecule has 0 spiro atoms. The molecular weight excluding hydrogens is 404 g/mol. The minimum Gasteiger partial charge on any atom is -0.307 e. The fourth-order valence-corrected chi connectivity index (χ4v) is 6.44. The first-order valence-corrected chi connectivity index (χ1v) is 12.1. The molecule has 31 heavy (non-hydrogen) atoms. The van der Waals surface area contributed by atoms with Gasteiger partial charge in [-0.25, -0.2) is 8.42 Å². The Morgan fingerprint density at radius 1 is 0.806 bits per heavy atom. The Bertz CT molecular complexity index is 1190. The van der Waals surface area contributed by atoms with E-state index in [2.05, 4.69) is 53.9 Å². The summed E-state index contributed by atoms with van der Waals surface area (Å²) in [7, 11) is -3.46. The van der Waals surface area contributed by atoms with E-state index in [1.165, 1.54) is 11.1 Å². The fourth-order valence-electron chi connectivity index (χ4n) is 4.72. The van der Waals surface area contributed by atoms with Crippen molar-refractivity contribution in [2.75, 3.05) is 13.1 Å². The van der Waals surface area contributed by atoms with Gasteiger partial charge in [0.1, 0.15) is 0 Å². The van der Waals surface area contributed by atoms with Crippen LogP contribution in [0.2, 0.25) is 0 Å². The van der Waals surface area contributed by atoms with E-state index in [1.807, 2.05) is 37.3 Å². The highest BCUT2D eigenvalue weighted by Crippen LogP contribution is 2.39. The molecule has 4 nitrogen and oxygen atoms in total. The molecule has 3 aliphatic heterocycles. The molecular formula is C26H26N2O2S. The van der Waals surface area contributed by atoms with Crippen LogP contribution in [0.3, 0.4) is 0 Å². The van der Waals surface area contributed by atoms with Gasteiger partial charge in [-0.3, -0.25) is 0 Å². The Morgan fingerprint density at radius 3 is 2.03 bits per heavy atom. The highest BCUT2D eigenvalue weighted by atomic mass is 32.2. The lowest BCUT2D eigenvalue weighted by atomic mass is 9.75. The summed E-state index contributed by atoms with van der Waals surface area (Å²) >= 11 is 0. The molecule has 5 heteroatoms. The van der Waals surface area contributed by atoms with E-state index in [0.717, 1.165) is 11.1 Å². The molecule has 1 N–H and O–H groups in total. The lowest BCUT2D eigenvalue weighted by molar-refractivity contribution is 0.102. The molecule has 158 valence electrons. The average Bonchev–Trinajstić information content (AvgIpc) is 2.79. The molecule has 6 rings (SSSR count). The number of benzene rings is 3. The molecule has 0 aromatic heterocycles.